The average Bonchev–Trinajstić information content (AvgIpc) is 2.90. The quantitative estimate of drug-likeness (QED) is 0.675. The van der Waals surface area contributed by atoms with Crippen LogP contribution in [0.4, 0.5) is 0 Å². The van der Waals surface area contributed by atoms with Crippen molar-refractivity contribution in [2.45, 2.75) is 44.7 Å². The number of piperidine rings is 1. The first-order valence-electron chi connectivity index (χ1n) is 7.21. The third-order valence-electron chi connectivity index (χ3n) is 3.73. The molecule has 20 heavy (non-hydrogen) atoms. The van der Waals surface area contributed by atoms with E-state index in [1.165, 1.54) is 4.31 Å². The Kier molecular flexibility index (Phi) is 5.36. The van der Waals surface area contributed by atoms with Gasteiger partial charge in [0.25, 0.3) is 10.2 Å². The number of rotatable bonds is 5. The summed E-state index contributed by atoms with van der Waals surface area (Å²) in [7, 11) is -3.62. The van der Waals surface area contributed by atoms with Crippen LogP contribution in [0.3, 0.4) is 0 Å². The van der Waals surface area contributed by atoms with Gasteiger partial charge in [-0.05, 0) is 45.7 Å². The van der Waals surface area contributed by atoms with Crippen LogP contribution in [0.15, 0.2) is 0 Å². The molecule has 2 rings (SSSR count). The maximum Gasteiger partial charge on any atom is 0.324 e. The second-order valence-corrected chi connectivity index (χ2v) is 6.82. The molecule has 116 valence electrons. The van der Waals surface area contributed by atoms with Crippen LogP contribution in [0.1, 0.15) is 32.6 Å². The van der Waals surface area contributed by atoms with Crippen molar-refractivity contribution in [2.24, 2.45) is 0 Å². The number of hydrogen-bond donors (Lipinski definition) is 2. The molecule has 1 atom stereocenters. The fraction of sp³-hybridized carbons (Fsp3) is 0.917. The first-order valence-corrected chi connectivity index (χ1v) is 8.65. The molecule has 2 fully saturated rings. The van der Waals surface area contributed by atoms with E-state index in [9.17, 15) is 13.2 Å². The Hall–Kier alpha value is -0.700. The number of esters is 1. The number of nitrogens with one attached hydrogen (secondary N) is 2. The van der Waals surface area contributed by atoms with E-state index in [0.29, 0.717) is 19.4 Å². The SMILES string of the molecule is CCOC(=O)C1CCCN1S(=O)(=O)NC1CCNCC1. The van der Waals surface area contributed by atoms with E-state index >= 15 is 0 Å². The van der Waals surface area contributed by atoms with Gasteiger partial charge in [0.1, 0.15) is 6.04 Å². The minimum Gasteiger partial charge on any atom is -0.465 e. The summed E-state index contributed by atoms with van der Waals surface area (Å²) < 4.78 is 33.7. The van der Waals surface area contributed by atoms with Crippen LogP contribution in [0.5, 0.6) is 0 Å². The van der Waals surface area contributed by atoms with Gasteiger partial charge in [0, 0.05) is 12.6 Å². The second kappa shape index (κ2) is 6.84. The minimum atomic E-state index is -3.62. The highest BCUT2D eigenvalue weighted by Crippen LogP contribution is 2.22. The largest absolute Gasteiger partial charge is 0.465 e. The maximum absolute atomic E-state index is 12.4. The summed E-state index contributed by atoms with van der Waals surface area (Å²) in [5.74, 6) is -0.444. The van der Waals surface area contributed by atoms with Crippen LogP contribution >= 0.6 is 0 Å². The molecule has 0 bridgehead atoms. The zero-order valence-corrected chi connectivity index (χ0v) is 12.6. The third kappa shape index (κ3) is 3.69. The van der Waals surface area contributed by atoms with Crippen molar-refractivity contribution in [2.75, 3.05) is 26.2 Å². The van der Waals surface area contributed by atoms with Crippen molar-refractivity contribution in [3.8, 4) is 0 Å². The van der Waals surface area contributed by atoms with E-state index in [0.717, 1.165) is 25.9 Å². The molecule has 8 heteroatoms. The summed E-state index contributed by atoms with van der Waals surface area (Å²) >= 11 is 0. The van der Waals surface area contributed by atoms with Gasteiger partial charge in [0.2, 0.25) is 0 Å². The number of carbonyl (C=O) groups excluding carboxylic acids is 1. The number of hydrogen-bond acceptors (Lipinski definition) is 5. The lowest BCUT2D eigenvalue weighted by Gasteiger charge is -2.28. The van der Waals surface area contributed by atoms with Crippen molar-refractivity contribution in [3.05, 3.63) is 0 Å². The van der Waals surface area contributed by atoms with E-state index in [1.807, 2.05) is 0 Å². The summed E-state index contributed by atoms with van der Waals surface area (Å²) in [4.78, 5) is 11.8. The van der Waals surface area contributed by atoms with Crippen LogP contribution in [0.25, 0.3) is 0 Å². The first kappa shape index (κ1) is 15.7. The van der Waals surface area contributed by atoms with Crippen LogP contribution in [0, 0.1) is 0 Å². The van der Waals surface area contributed by atoms with E-state index in [-0.39, 0.29) is 12.6 Å². The molecular formula is C12H23N3O4S. The van der Waals surface area contributed by atoms with Crippen molar-refractivity contribution >= 4 is 16.2 Å². The van der Waals surface area contributed by atoms with Crippen LogP contribution < -0.4 is 10.0 Å². The molecule has 0 amide bonds. The van der Waals surface area contributed by atoms with Crippen molar-refractivity contribution in [1.29, 1.82) is 0 Å². The van der Waals surface area contributed by atoms with Crippen LogP contribution in [0.2, 0.25) is 0 Å². The Morgan fingerprint density at radius 1 is 1.35 bits per heavy atom. The van der Waals surface area contributed by atoms with Gasteiger partial charge in [0.15, 0.2) is 0 Å². The molecule has 0 saturated carbocycles. The number of ether oxygens (including phenoxy) is 1. The minimum absolute atomic E-state index is 0.0512. The smallest absolute Gasteiger partial charge is 0.324 e. The van der Waals surface area contributed by atoms with Crippen molar-refractivity contribution in [3.63, 3.8) is 0 Å². The molecule has 1 unspecified atom stereocenters. The van der Waals surface area contributed by atoms with Gasteiger partial charge in [-0.1, -0.05) is 0 Å². The number of carbonyl (C=O) groups is 1. The maximum atomic E-state index is 12.4. The predicted molar refractivity (Wildman–Crippen MR) is 74.3 cm³/mol. The highest BCUT2D eigenvalue weighted by molar-refractivity contribution is 7.87. The van der Waals surface area contributed by atoms with Gasteiger partial charge < -0.3 is 10.1 Å². The van der Waals surface area contributed by atoms with E-state index in [2.05, 4.69) is 10.0 Å². The molecule has 2 aliphatic heterocycles. The van der Waals surface area contributed by atoms with Crippen molar-refractivity contribution < 1.29 is 17.9 Å². The normalized spacial score (nSPS) is 25.8. The second-order valence-electron chi connectivity index (χ2n) is 5.17. The van der Waals surface area contributed by atoms with Gasteiger partial charge in [-0.3, -0.25) is 4.79 Å². The fourth-order valence-corrected chi connectivity index (χ4v) is 4.41. The van der Waals surface area contributed by atoms with Gasteiger partial charge in [0.05, 0.1) is 6.61 Å². The molecule has 0 radical (unpaired) electrons. The first-order chi connectivity index (χ1) is 9.54. The highest BCUT2D eigenvalue weighted by atomic mass is 32.2. The average molecular weight is 305 g/mol. The third-order valence-corrected chi connectivity index (χ3v) is 5.41. The standard InChI is InChI=1S/C12H23N3O4S/c1-2-19-12(16)11-4-3-9-15(11)20(17,18)14-10-5-7-13-8-6-10/h10-11,13-14H,2-9H2,1H3. The summed E-state index contributed by atoms with van der Waals surface area (Å²) in [6.45, 7) is 4.00. The van der Waals surface area contributed by atoms with Gasteiger partial charge >= 0.3 is 5.97 Å². The molecule has 0 spiro atoms. The molecule has 2 saturated heterocycles. The predicted octanol–water partition coefficient (Wildman–Crippen LogP) is -0.400. The lowest BCUT2D eigenvalue weighted by Crippen LogP contribution is -2.51. The Labute approximate surface area is 120 Å². The highest BCUT2D eigenvalue weighted by Gasteiger charge is 2.40. The Morgan fingerprint density at radius 2 is 2.05 bits per heavy atom. The lowest BCUT2D eigenvalue weighted by atomic mass is 10.1. The molecule has 7 nitrogen and oxygen atoms in total. The summed E-state index contributed by atoms with van der Waals surface area (Å²) in [6, 6.07) is -0.723. The van der Waals surface area contributed by atoms with Crippen LogP contribution in [-0.2, 0) is 19.7 Å². The zero-order valence-electron chi connectivity index (χ0n) is 11.8. The molecule has 0 aromatic rings. The van der Waals surface area contributed by atoms with E-state index < -0.39 is 22.2 Å². The van der Waals surface area contributed by atoms with Gasteiger partial charge in [-0.2, -0.15) is 17.4 Å². The summed E-state index contributed by atoms with van der Waals surface area (Å²) in [5.41, 5.74) is 0. The molecule has 2 aliphatic rings. The fourth-order valence-electron chi connectivity index (χ4n) is 2.72. The lowest BCUT2D eigenvalue weighted by molar-refractivity contribution is -0.146. The van der Waals surface area contributed by atoms with Gasteiger partial charge in [-0.25, -0.2) is 0 Å². The summed E-state index contributed by atoms with van der Waals surface area (Å²) in [5, 5.41) is 3.19. The summed E-state index contributed by atoms with van der Waals surface area (Å²) in [6.07, 6.45) is 2.77. The monoisotopic (exact) mass is 305 g/mol. The molecular weight excluding hydrogens is 282 g/mol. The topological polar surface area (TPSA) is 87.7 Å². The Balaban J connectivity index is 2.01. The van der Waals surface area contributed by atoms with E-state index in [1.54, 1.807) is 6.92 Å². The molecule has 0 aromatic carbocycles. The molecule has 0 aliphatic carbocycles. The van der Waals surface area contributed by atoms with Crippen LogP contribution in [-0.4, -0.2) is 57.0 Å². The Bertz CT molecular complexity index is 434. The molecule has 2 heterocycles. The molecule has 0 aromatic heterocycles. The van der Waals surface area contributed by atoms with E-state index in [4.69, 9.17) is 4.74 Å². The Morgan fingerprint density at radius 3 is 2.70 bits per heavy atom. The number of nitrogens with zero attached hydrogens (tertiary/aromatic N) is 1. The molecule has 2 N–H and O–H groups in total. The zero-order chi connectivity index (χ0) is 14.6. The van der Waals surface area contributed by atoms with Crippen molar-refractivity contribution in [1.82, 2.24) is 14.3 Å². The van der Waals surface area contributed by atoms with Gasteiger partial charge in [-0.15, -0.1) is 0 Å².